The van der Waals surface area contributed by atoms with E-state index in [1.165, 1.54) is 18.2 Å². The zero-order chi connectivity index (χ0) is 18.9. The highest BCUT2D eigenvalue weighted by atomic mass is 19.1. The third-order valence-electron chi connectivity index (χ3n) is 3.96. The van der Waals surface area contributed by atoms with Crippen molar-refractivity contribution in [3.05, 3.63) is 65.7 Å². The molecule has 7 heteroatoms. The van der Waals surface area contributed by atoms with Crippen molar-refractivity contribution < 1.29 is 18.7 Å². The molecule has 138 valence electrons. The van der Waals surface area contributed by atoms with Crippen molar-refractivity contribution in [1.29, 1.82) is 0 Å². The fourth-order valence-electron chi connectivity index (χ4n) is 2.50. The first-order chi connectivity index (χ1) is 12.5. The van der Waals surface area contributed by atoms with Gasteiger partial charge in [0.15, 0.2) is 0 Å². The van der Waals surface area contributed by atoms with Crippen molar-refractivity contribution >= 4 is 11.8 Å². The lowest BCUT2D eigenvalue weighted by molar-refractivity contribution is -0.133. The van der Waals surface area contributed by atoms with Crippen molar-refractivity contribution in [3.63, 3.8) is 0 Å². The predicted molar refractivity (Wildman–Crippen MR) is 95.0 cm³/mol. The number of halogens is 1. The molecule has 1 unspecified atom stereocenters. The van der Waals surface area contributed by atoms with Crippen LogP contribution in [0.4, 0.5) is 4.39 Å². The molecule has 0 saturated heterocycles. The fraction of sp³-hybridized carbons (Fsp3) is 0.316. The molecule has 0 aliphatic heterocycles. The zero-order valence-electron chi connectivity index (χ0n) is 14.8. The van der Waals surface area contributed by atoms with Crippen LogP contribution in [0.3, 0.4) is 0 Å². The summed E-state index contributed by atoms with van der Waals surface area (Å²) in [5.74, 6) is -1.31. The number of rotatable bonds is 8. The Balaban J connectivity index is 1.91. The van der Waals surface area contributed by atoms with Crippen LogP contribution in [0.5, 0.6) is 0 Å². The molecule has 2 amide bonds. The summed E-state index contributed by atoms with van der Waals surface area (Å²) in [6, 6.07) is 10.9. The van der Waals surface area contributed by atoms with E-state index < -0.39 is 11.7 Å². The maximum atomic E-state index is 13.6. The molecule has 0 bridgehead atoms. The number of hydrogen-bond acceptors (Lipinski definition) is 4. The molecule has 6 nitrogen and oxygen atoms in total. The number of likely N-dealkylation sites (N-methyl/N-ethyl adjacent to an activating group) is 1. The monoisotopic (exact) mass is 359 g/mol. The highest BCUT2D eigenvalue weighted by Gasteiger charge is 2.22. The summed E-state index contributed by atoms with van der Waals surface area (Å²) in [5, 5.41) is 2.56. The van der Waals surface area contributed by atoms with Gasteiger partial charge in [-0.3, -0.25) is 14.6 Å². The lowest BCUT2D eigenvalue weighted by Crippen LogP contribution is -2.36. The molecule has 2 aromatic rings. The number of pyridine rings is 1. The quantitative estimate of drug-likeness (QED) is 0.784. The second-order valence-corrected chi connectivity index (χ2v) is 5.72. The van der Waals surface area contributed by atoms with Gasteiger partial charge in [0.05, 0.1) is 23.9 Å². The number of benzene rings is 1. The van der Waals surface area contributed by atoms with E-state index in [2.05, 4.69) is 10.3 Å². The van der Waals surface area contributed by atoms with Gasteiger partial charge in [0.2, 0.25) is 5.91 Å². The minimum absolute atomic E-state index is 0.0425. The van der Waals surface area contributed by atoms with Crippen molar-refractivity contribution in [2.24, 2.45) is 0 Å². The average molecular weight is 359 g/mol. The van der Waals surface area contributed by atoms with Crippen LogP contribution in [0.15, 0.2) is 48.7 Å². The van der Waals surface area contributed by atoms with Crippen molar-refractivity contribution in [1.82, 2.24) is 15.2 Å². The van der Waals surface area contributed by atoms with Crippen LogP contribution in [0.2, 0.25) is 0 Å². The summed E-state index contributed by atoms with van der Waals surface area (Å²) >= 11 is 0. The van der Waals surface area contributed by atoms with E-state index in [1.54, 1.807) is 37.4 Å². The van der Waals surface area contributed by atoms with Gasteiger partial charge in [-0.15, -0.1) is 0 Å². The Kier molecular flexibility index (Phi) is 7.23. The standard InChI is InChI=1S/C19H22FN3O3/c1-23(17(13-26-2)16-9-5-6-11-21-16)18(24)10-12-22-19(25)14-7-3-4-8-15(14)20/h3-9,11,17H,10,12-13H2,1-2H3,(H,22,25). The molecule has 1 aromatic heterocycles. The number of methoxy groups -OCH3 is 1. The van der Waals surface area contributed by atoms with Gasteiger partial charge in [0, 0.05) is 33.3 Å². The SMILES string of the molecule is COCC(c1ccccn1)N(C)C(=O)CCNC(=O)c1ccccc1F. The smallest absolute Gasteiger partial charge is 0.254 e. The van der Waals surface area contributed by atoms with Crippen molar-refractivity contribution in [2.45, 2.75) is 12.5 Å². The molecule has 26 heavy (non-hydrogen) atoms. The highest BCUT2D eigenvalue weighted by molar-refractivity contribution is 5.94. The maximum absolute atomic E-state index is 13.6. The molecule has 1 aromatic carbocycles. The van der Waals surface area contributed by atoms with Gasteiger partial charge in [0.1, 0.15) is 5.82 Å². The molecule has 2 rings (SSSR count). The van der Waals surface area contributed by atoms with E-state index in [0.29, 0.717) is 6.61 Å². The molecular formula is C19H22FN3O3. The van der Waals surface area contributed by atoms with Gasteiger partial charge in [-0.05, 0) is 24.3 Å². The normalized spacial score (nSPS) is 11.7. The Labute approximate surface area is 152 Å². The molecule has 1 heterocycles. The van der Waals surface area contributed by atoms with Gasteiger partial charge in [-0.25, -0.2) is 4.39 Å². The first-order valence-corrected chi connectivity index (χ1v) is 8.23. The fourth-order valence-corrected chi connectivity index (χ4v) is 2.50. The first kappa shape index (κ1) is 19.5. The summed E-state index contributed by atoms with van der Waals surface area (Å²) in [6.45, 7) is 0.416. The topological polar surface area (TPSA) is 71.5 Å². The van der Waals surface area contributed by atoms with Crippen LogP contribution < -0.4 is 5.32 Å². The van der Waals surface area contributed by atoms with Gasteiger partial charge in [0.25, 0.3) is 5.91 Å². The molecule has 1 atom stereocenters. The third-order valence-corrected chi connectivity index (χ3v) is 3.96. The predicted octanol–water partition coefficient (Wildman–Crippen LogP) is 2.19. The van der Waals surface area contributed by atoms with Crippen LogP contribution in [-0.2, 0) is 9.53 Å². The summed E-state index contributed by atoms with van der Waals surface area (Å²) in [7, 11) is 3.22. The Bertz CT molecular complexity index is 740. The molecule has 0 saturated carbocycles. The van der Waals surface area contributed by atoms with E-state index in [-0.39, 0.29) is 30.5 Å². The summed E-state index contributed by atoms with van der Waals surface area (Å²) in [5.41, 5.74) is 0.680. The van der Waals surface area contributed by atoms with Crippen LogP contribution in [0.1, 0.15) is 28.5 Å². The minimum Gasteiger partial charge on any atom is -0.382 e. The number of ether oxygens (including phenoxy) is 1. The average Bonchev–Trinajstić information content (AvgIpc) is 2.66. The van der Waals surface area contributed by atoms with Gasteiger partial charge in [-0.1, -0.05) is 18.2 Å². The van der Waals surface area contributed by atoms with Crippen molar-refractivity contribution in [2.75, 3.05) is 27.3 Å². The van der Waals surface area contributed by atoms with Crippen LogP contribution in [0.25, 0.3) is 0 Å². The Morgan fingerprint density at radius 1 is 1.23 bits per heavy atom. The highest BCUT2D eigenvalue weighted by Crippen LogP contribution is 2.18. The molecule has 1 N–H and O–H groups in total. The van der Waals surface area contributed by atoms with Gasteiger partial charge >= 0.3 is 0 Å². The van der Waals surface area contributed by atoms with E-state index in [9.17, 15) is 14.0 Å². The Morgan fingerprint density at radius 3 is 2.62 bits per heavy atom. The van der Waals surface area contributed by atoms with Crippen molar-refractivity contribution in [3.8, 4) is 0 Å². The molecular weight excluding hydrogens is 337 g/mol. The second kappa shape index (κ2) is 9.62. The summed E-state index contributed by atoms with van der Waals surface area (Å²) in [4.78, 5) is 30.2. The van der Waals surface area contributed by atoms with Crippen LogP contribution in [-0.4, -0.2) is 49.0 Å². The lowest BCUT2D eigenvalue weighted by atomic mass is 10.1. The minimum atomic E-state index is -0.594. The largest absolute Gasteiger partial charge is 0.382 e. The zero-order valence-corrected chi connectivity index (χ0v) is 14.8. The molecule has 0 aliphatic carbocycles. The Hall–Kier alpha value is -2.80. The Morgan fingerprint density at radius 2 is 1.96 bits per heavy atom. The lowest BCUT2D eigenvalue weighted by Gasteiger charge is -2.27. The molecule has 0 spiro atoms. The first-order valence-electron chi connectivity index (χ1n) is 8.23. The van der Waals surface area contributed by atoms with E-state index in [4.69, 9.17) is 4.74 Å². The number of hydrogen-bond donors (Lipinski definition) is 1. The summed E-state index contributed by atoms with van der Waals surface area (Å²) < 4.78 is 18.8. The molecule has 0 fully saturated rings. The third kappa shape index (κ3) is 5.10. The van der Waals surface area contributed by atoms with Gasteiger partial charge < -0.3 is 15.0 Å². The molecule has 0 aliphatic rings. The van der Waals surface area contributed by atoms with E-state index in [0.717, 1.165) is 5.69 Å². The van der Waals surface area contributed by atoms with Crippen LogP contribution >= 0.6 is 0 Å². The second-order valence-electron chi connectivity index (χ2n) is 5.72. The number of nitrogens with zero attached hydrogens (tertiary/aromatic N) is 2. The molecule has 0 radical (unpaired) electrons. The number of carbonyl (C=O) groups is 2. The maximum Gasteiger partial charge on any atom is 0.254 e. The number of amides is 2. The number of aromatic nitrogens is 1. The van der Waals surface area contributed by atoms with E-state index in [1.807, 2.05) is 12.1 Å². The van der Waals surface area contributed by atoms with Crippen LogP contribution in [0, 0.1) is 5.82 Å². The number of carbonyl (C=O) groups excluding carboxylic acids is 2. The number of nitrogens with one attached hydrogen (secondary N) is 1. The van der Waals surface area contributed by atoms with Gasteiger partial charge in [-0.2, -0.15) is 0 Å². The van der Waals surface area contributed by atoms with E-state index >= 15 is 0 Å². The summed E-state index contributed by atoms with van der Waals surface area (Å²) in [6.07, 6.45) is 1.74.